The zero-order valence-electron chi connectivity index (χ0n) is 8.95. The Kier molecular flexibility index (Phi) is 27.6. The zero-order chi connectivity index (χ0) is 9.72. The predicted octanol–water partition coefficient (Wildman–Crippen LogP) is -4.52. The van der Waals surface area contributed by atoms with E-state index in [4.69, 9.17) is 25.5 Å². The molecule has 0 rings (SSSR count). The number of rotatable bonds is 5. The van der Waals surface area contributed by atoms with Gasteiger partial charge >= 0.3 is 0 Å². The normalized spacial score (nSPS) is 16.9. The molecule has 0 spiro atoms. The SMILES string of the molecule is O=C[C@@H](O)[C@@H](O)[C@H](O)[C@H](O)CO.[Ca].[K].[Na]. The van der Waals surface area contributed by atoms with Crippen LogP contribution in [0.3, 0.4) is 0 Å². The Morgan fingerprint density at radius 1 is 1.07 bits per heavy atom. The maximum Gasteiger partial charge on any atom is 0.151 e. The molecule has 0 unspecified atom stereocenters. The van der Waals surface area contributed by atoms with Crippen LogP contribution >= 0.6 is 0 Å². The number of aliphatic hydroxyl groups excluding tert-OH is 5. The Morgan fingerprint density at radius 3 is 1.73 bits per heavy atom. The molecule has 0 aromatic carbocycles. The minimum absolute atomic E-state index is 0. The van der Waals surface area contributed by atoms with Crippen molar-refractivity contribution in [3.63, 3.8) is 0 Å². The van der Waals surface area contributed by atoms with Gasteiger partial charge in [0.2, 0.25) is 0 Å². The minimum Gasteiger partial charge on any atom is -0.394 e. The van der Waals surface area contributed by atoms with Crippen LogP contribution < -0.4 is 0 Å². The molecule has 0 aromatic rings. The Balaban J connectivity index is -0.000000202. The molecule has 0 amide bonds. The van der Waals surface area contributed by atoms with Crippen LogP contribution in [0.4, 0.5) is 0 Å². The summed E-state index contributed by atoms with van der Waals surface area (Å²) in [6, 6.07) is 0. The van der Waals surface area contributed by atoms with Crippen molar-refractivity contribution in [2.24, 2.45) is 0 Å². The summed E-state index contributed by atoms with van der Waals surface area (Å²) in [4.78, 5) is 9.90. The van der Waals surface area contributed by atoms with Crippen molar-refractivity contribution < 1.29 is 30.3 Å². The summed E-state index contributed by atoms with van der Waals surface area (Å²) in [7, 11) is 0. The number of hydrogen-bond acceptors (Lipinski definition) is 6. The van der Waals surface area contributed by atoms with Gasteiger partial charge < -0.3 is 30.3 Å². The van der Waals surface area contributed by atoms with Crippen LogP contribution in [0.1, 0.15) is 0 Å². The third-order valence-electron chi connectivity index (χ3n) is 1.42. The average molecular weight is 282 g/mol. The van der Waals surface area contributed by atoms with E-state index in [0.717, 1.165) is 0 Å². The summed E-state index contributed by atoms with van der Waals surface area (Å²) in [5.41, 5.74) is 0. The van der Waals surface area contributed by atoms with Crippen LogP contribution in [0.15, 0.2) is 0 Å². The molecule has 0 heterocycles. The second-order valence-electron chi connectivity index (χ2n) is 2.36. The van der Waals surface area contributed by atoms with E-state index in [-0.39, 0.29) is 125 Å². The van der Waals surface area contributed by atoms with Gasteiger partial charge in [0, 0.05) is 119 Å². The second-order valence-corrected chi connectivity index (χ2v) is 2.36. The topological polar surface area (TPSA) is 118 Å². The van der Waals surface area contributed by atoms with E-state index >= 15 is 0 Å². The van der Waals surface area contributed by atoms with Crippen molar-refractivity contribution >= 4 is 125 Å². The maximum atomic E-state index is 9.90. The van der Waals surface area contributed by atoms with Crippen LogP contribution in [-0.2, 0) is 4.79 Å². The van der Waals surface area contributed by atoms with Gasteiger partial charge in [-0.05, 0) is 0 Å². The molecule has 9 heteroatoms. The van der Waals surface area contributed by atoms with E-state index in [2.05, 4.69) is 0 Å². The largest absolute Gasteiger partial charge is 0.394 e. The number of carbonyl (C=O) groups excluding carboxylic acids is 1. The molecule has 5 N–H and O–H groups in total. The molecule has 15 heavy (non-hydrogen) atoms. The van der Waals surface area contributed by atoms with Crippen molar-refractivity contribution in [3.05, 3.63) is 0 Å². The van der Waals surface area contributed by atoms with Crippen LogP contribution in [0.25, 0.3) is 0 Å². The molecule has 0 aliphatic heterocycles. The van der Waals surface area contributed by atoms with Gasteiger partial charge in [0.05, 0.1) is 6.61 Å². The van der Waals surface area contributed by atoms with E-state index < -0.39 is 31.0 Å². The molecule has 76 valence electrons. The van der Waals surface area contributed by atoms with Gasteiger partial charge in [0.1, 0.15) is 24.4 Å². The van der Waals surface area contributed by atoms with Crippen molar-refractivity contribution in [3.8, 4) is 0 Å². The Bertz CT molecular complexity index is 154. The van der Waals surface area contributed by atoms with Crippen molar-refractivity contribution in [1.29, 1.82) is 0 Å². The first-order valence-corrected chi connectivity index (χ1v) is 3.33. The Hall–Kier alpha value is 3.37. The van der Waals surface area contributed by atoms with E-state index in [9.17, 15) is 4.79 Å². The molecule has 0 fully saturated rings. The van der Waals surface area contributed by atoms with Crippen LogP contribution in [-0.4, -0.2) is 182 Å². The van der Waals surface area contributed by atoms with Crippen molar-refractivity contribution in [2.45, 2.75) is 24.4 Å². The minimum atomic E-state index is -1.79. The van der Waals surface area contributed by atoms with Gasteiger partial charge in [-0.25, -0.2) is 0 Å². The quantitative estimate of drug-likeness (QED) is 0.256. The summed E-state index contributed by atoms with van der Waals surface area (Å²) in [5, 5.41) is 43.5. The summed E-state index contributed by atoms with van der Waals surface area (Å²) in [5.74, 6) is 0. The molecule has 0 aliphatic rings. The van der Waals surface area contributed by atoms with Crippen molar-refractivity contribution in [2.75, 3.05) is 6.61 Å². The van der Waals surface area contributed by atoms with E-state index in [1.165, 1.54) is 0 Å². The van der Waals surface area contributed by atoms with Gasteiger partial charge in [-0.2, -0.15) is 0 Å². The molecule has 6 nitrogen and oxygen atoms in total. The standard InChI is InChI=1S/C6H12O6.Ca.K.Na/c7-1-3(9)5(11)6(12)4(10)2-8;;;/h1,3-6,8-12H,2H2;;;/t3-,4-,5-,6-;;;/m1.../s1. The first-order valence-electron chi connectivity index (χ1n) is 3.33. The van der Waals surface area contributed by atoms with E-state index in [0.29, 0.717) is 0 Å². The van der Waals surface area contributed by atoms with Gasteiger partial charge in [0.15, 0.2) is 6.29 Å². The number of aldehydes is 1. The van der Waals surface area contributed by atoms with Gasteiger partial charge in [-0.1, -0.05) is 0 Å². The van der Waals surface area contributed by atoms with Gasteiger partial charge in [-0.3, -0.25) is 0 Å². The fourth-order valence-corrected chi connectivity index (χ4v) is 0.618. The smallest absolute Gasteiger partial charge is 0.151 e. The molecule has 4 radical (unpaired) electrons. The van der Waals surface area contributed by atoms with Gasteiger partial charge in [0.25, 0.3) is 0 Å². The zero-order valence-corrected chi connectivity index (χ0v) is 16.3. The number of aliphatic hydroxyl groups is 5. The molecule has 4 atom stereocenters. The predicted molar refractivity (Wildman–Crippen MR) is 54.4 cm³/mol. The van der Waals surface area contributed by atoms with Crippen molar-refractivity contribution in [1.82, 2.24) is 0 Å². The first kappa shape index (κ1) is 26.8. The summed E-state index contributed by atoms with van der Waals surface area (Å²) < 4.78 is 0. The molecule has 0 aromatic heterocycles. The molecule has 0 saturated carbocycles. The van der Waals surface area contributed by atoms with Crippen LogP contribution in [0, 0.1) is 0 Å². The fraction of sp³-hybridized carbons (Fsp3) is 0.833. The second kappa shape index (κ2) is 15.4. The van der Waals surface area contributed by atoms with E-state index in [1.807, 2.05) is 0 Å². The number of hydrogen-bond donors (Lipinski definition) is 5. The van der Waals surface area contributed by atoms with Crippen LogP contribution in [0.2, 0.25) is 0 Å². The number of carbonyl (C=O) groups is 1. The molecular weight excluding hydrogens is 270 g/mol. The summed E-state index contributed by atoms with van der Waals surface area (Å²) >= 11 is 0. The average Bonchev–Trinajstić information content (AvgIpc) is 2.12. The Labute approximate surface area is 182 Å². The summed E-state index contributed by atoms with van der Waals surface area (Å²) in [6.07, 6.45) is -6.84. The molecule has 0 aliphatic carbocycles. The summed E-state index contributed by atoms with van der Waals surface area (Å²) in [6.45, 7) is -0.760. The molecule has 0 saturated heterocycles. The molecular formula is C6H12CaKNaO6. The maximum absolute atomic E-state index is 9.90. The monoisotopic (exact) mass is 282 g/mol. The first-order chi connectivity index (χ1) is 5.54. The van der Waals surface area contributed by atoms with E-state index in [1.54, 1.807) is 0 Å². The van der Waals surface area contributed by atoms with Gasteiger partial charge in [-0.15, -0.1) is 0 Å². The fourth-order valence-electron chi connectivity index (χ4n) is 0.618. The molecule has 0 bridgehead atoms. The third-order valence-corrected chi connectivity index (χ3v) is 1.42. The third kappa shape index (κ3) is 10.9. The van der Waals surface area contributed by atoms with Crippen LogP contribution in [0.5, 0.6) is 0 Å². The Morgan fingerprint density at radius 2 is 1.47 bits per heavy atom.